The first-order valence-corrected chi connectivity index (χ1v) is 13.9. The average molecular weight is 551 g/mol. The van der Waals surface area contributed by atoms with E-state index in [1.165, 1.54) is 12.1 Å². The molecule has 0 radical (unpaired) electrons. The van der Waals surface area contributed by atoms with Crippen LogP contribution in [0.4, 0.5) is 20.6 Å². The van der Waals surface area contributed by atoms with Crippen LogP contribution < -0.4 is 15.4 Å². The van der Waals surface area contributed by atoms with E-state index in [2.05, 4.69) is 34.1 Å². The number of carbonyl (C=O) groups is 1. The Morgan fingerprint density at radius 3 is 2.31 bits per heavy atom. The van der Waals surface area contributed by atoms with Crippen LogP contribution in [-0.4, -0.2) is 47.8 Å². The molecule has 206 valence electrons. The number of nitrogens with zero attached hydrogens (tertiary/aromatic N) is 3. The number of rotatable bonds is 4. The minimum atomic E-state index is -0.510. The van der Waals surface area contributed by atoms with Gasteiger partial charge in [0.25, 0.3) is 0 Å². The number of aromatic nitrogens is 1. The molecule has 2 aromatic carbocycles. The molecule has 4 aromatic rings. The standard InChI is InChI=1S/C28H29FN4O3S.C2H6/c1-28(2,3)36-27(34)33-14-12-32(13-15-33)20-7-4-18(5-8-20)25-17-22-26(37-25)24(10-11-31-22)35-23-9-6-19(30)16-21(23)29;1-2/h4-11,16-17H,12-15,30H2,1-3H3;1-2H3. The van der Waals surface area contributed by atoms with E-state index in [0.717, 1.165) is 39.4 Å². The van der Waals surface area contributed by atoms with Crippen LogP contribution in [0.5, 0.6) is 11.5 Å². The number of piperazine rings is 1. The number of halogens is 1. The molecule has 1 aliphatic heterocycles. The number of anilines is 2. The summed E-state index contributed by atoms with van der Waals surface area (Å²) in [5.41, 5.74) is 8.45. The predicted molar refractivity (Wildman–Crippen MR) is 157 cm³/mol. The molecular formula is C30H35FN4O3S. The normalized spacial score (nSPS) is 13.6. The molecule has 39 heavy (non-hydrogen) atoms. The number of carbonyl (C=O) groups excluding carboxylic acids is 1. The Kier molecular flexibility index (Phi) is 8.60. The van der Waals surface area contributed by atoms with Crippen molar-refractivity contribution >= 4 is 39.0 Å². The van der Waals surface area contributed by atoms with E-state index in [1.54, 1.807) is 34.6 Å². The summed E-state index contributed by atoms with van der Waals surface area (Å²) in [6.07, 6.45) is 1.40. The van der Waals surface area contributed by atoms with Gasteiger partial charge >= 0.3 is 6.09 Å². The summed E-state index contributed by atoms with van der Waals surface area (Å²) >= 11 is 1.55. The number of hydrogen-bond acceptors (Lipinski definition) is 7. The molecule has 0 aliphatic carbocycles. The lowest BCUT2D eigenvalue weighted by Crippen LogP contribution is -2.50. The third-order valence-corrected chi connectivity index (χ3v) is 7.19. The molecule has 1 amide bonds. The van der Waals surface area contributed by atoms with Gasteiger partial charge in [-0.2, -0.15) is 0 Å². The topological polar surface area (TPSA) is 80.9 Å². The van der Waals surface area contributed by atoms with Gasteiger partial charge in [0.05, 0.1) is 10.2 Å². The van der Waals surface area contributed by atoms with E-state index in [4.69, 9.17) is 15.2 Å². The van der Waals surface area contributed by atoms with Crippen molar-refractivity contribution in [3.05, 3.63) is 66.6 Å². The molecule has 0 unspecified atom stereocenters. The number of thiophene rings is 1. The zero-order chi connectivity index (χ0) is 28.2. The summed E-state index contributed by atoms with van der Waals surface area (Å²) in [6, 6.07) is 16.5. The Morgan fingerprint density at radius 1 is 0.974 bits per heavy atom. The SMILES string of the molecule is CC.CC(C)(C)OC(=O)N1CCN(c2ccc(-c3cc4nccc(Oc5ccc(N)cc5F)c4s3)cc2)CC1. The average Bonchev–Trinajstić information content (AvgIpc) is 3.36. The van der Waals surface area contributed by atoms with Gasteiger partial charge in [0.1, 0.15) is 11.4 Å². The van der Waals surface area contributed by atoms with Gasteiger partial charge in [-0.25, -0.2) is 9.18 Å². The molecule has 0 bridgehead atoms. The van der Waals surface area contributed by atoms with Crippen LogP contribution in [0.15, 0.2) is 60.8 Å². The van der Waals surface area contributed by atoms with Gasteiger partial charge in [0, 0.05) is 60.8 Å². The van der Waals surface area contributed by atoms with Crippen molar-refractivity contribution in [2.45, 2.75) is 40.2 Å². The smallest absolute Gasteiger partial charge is 0.410 e. The third-order valence-electron chi connectivity index (χ3n) is 6.00. The molecule has 1 fully saturated rings. The maximum atomic E-state index is 14.3. The number of hydrogen-bond donors (Lipinski definition) is 1. The van der Waals surface area contributed by atoms with Crippen molar-refractivity contribution in [2.24, 2.45) is 0 Å². The third kappa shape index (κ3) is 6.78. The molecule has 5 rings (SSSR count). The first-order valence-electron chi connectivity index (χ1n) is 13.1. The second-order valence-electron chi connectivity index (χ2n) is 9.93. The zero-order valence-electron chi connectivity index (χ0n) is 23.0. The second kappa shape index (κ2) is 11.9. The highest BCUT2D eigenvalue weighted by Crippen LogP contribution is 2.40. The van der Waals surface area contributed by atoms with Crippen LogP contribution in [0.2, 0.25) is 0 Å². The van der Waals surface area contributed by atoms with Crippen LogP contribution >= 0.6 is 11.3 Å². The van der Waals surface area contributed by atoms with Crippen molar-refractivity contribution in [3.63, 3.8) is 0 Å². The highest BCUT2D eigenvalue weighted by atomic mass is 32.1. The Balaban J connectivity index is 0.00000172. The summed E-state index contributed by atoms with van der Waals surface area (Å²) in [6.45, 7) is 12.4. The van der Waals surface area contributed by atoms with Crippen molar-refractivity contribution in [1.82, 2.24) is 9.88 Å². The highest BCUT2D eigenvalue weighted by Gasteiger charge is 2.26. The lowest BCUT2D eigenvalue weighted by molar-refractivity contribution is 0.0240. The minimum Gasteiger partial charge on any atom is -0.453 e. The summed E-state index contributed by atoms with van der Waals surface area (Å²) < 4.78 is 26.5. The fourth-order valence-corrected chi connectivity index (χ4v) is 5.24. The Morgan fingerprint density at radius 2 is 1.67 bits per heavy atom. The van der Waals surface area contributed by atoms with E-state index in [1.807, 2.05) is 40.7 Å². The second-order valence-corrected chi connectivity index (χ2v) is 11.0. The molecule has 1 saturated heterocycles. The maximum absolute atomic E-state index is 14.3. The molecule has 0 atom stereocenters. The lowest BCUT2D eigenvalue weighted by atomic mass is 10.1. The maximum Gasteiger partial charge on any atom is 0.410 e. The quantitative estimate of drug-likeness (QED) is 0.264. The molecule has 2 N–H and O–H groups in total. The van der Waals surface area contributed by atoms with Crippen LogP contribution in [-0.2, 0) is 4.74 Å². The Bertz CT molecular complexity index is 1420. The fraction of sp³-hybridized carbons (Fsp3) is 0.333. The molecule has 0 saturated carbocycles. The van der Waals surface area contributed by atoms with Gasteiger partial charge in [-0.15, -0.1) is 11.3 Å². The lowest BCUT2D eigenvalue weighted by Gasteiger charge is -2.36. The largest absolute Gasteiger partial charge is 0.453 e. The van der Waals surface area contributed by atoms with Crippen LogP contribution in [0.3, 0.4) is 0 Å². The van der Waals surface area contributed by atoms with Crippen LogP contribution in [0.25, 0.3) is 20.7 Å². The fourth-order valence-electron chi connectivity index (χ4n) is 4.17. The van der Waals surface area contributed by atoms with Crippen LogP contribution in [0, 0.1) is 5.82 Å². The molecule has 0 spiro atoms. The number of nitrogen functional groups attached to an aromatic ring is 1. The molecule has 9 heteroatoms. The predicted octanol–water partition coefficient (Wildman–Crippen LogP) is 7.56. The molecule has 7 nitrogen and oxygen atoms in total. The number of nitrogens with two attached hydrogens (primary N) is 1. The van der Waals surface area contributed by atoms with Crippen molar-refractivity contribution in [3.8, 4) is 21.9 Å². The van der Waals surface area contributed by atoms with Gasteiger partial charge in [0.15, 0.2) is 11.6 Å². The van der Waals surface area contributed by atoms with Crippen molar-refractivity contribution < 1.29 is 18.7 Å². The highest BCUT2D eigenvalue weighted by molar-refractivity contribution is 7.22. The minimum absolute atomic E-state index is 0.118. The molecule has 3 heterocycles. The first kappa shape index (κ1) is 28.2. The summed E-state index contributed by atoms with van der Waals surface area (Å²) in [7, 11) is 0. The van der Waals surface area contributed by atoms with Gasteiger partial charge in [0.2, 0.25) is 0 Å². The number of benzene rings is 2. The van der Waals surface area contributed by atoms with Crippen LogP contribution in [0.1, 0.15) is 34.6 Å². The number of pyridine rings is 1. The molecule has 2 aromatic heterocycles. The summed E-state index contributed by atoms with van der Waals surface area (Å²) in [5.74, 6) is 0.154. The molecular weight excluding hydrogens is 515 g/mol. The summed E-state index contributed by atoms with van der Waals surface area (Å²) in [5, 5.41) is 0. The first-order chi connectivity index (χ1) is 18.7. The number of ether oxygens (including phenoxy) is 2. The van der Waals surface area contributed by atoms with Gasteiger partial charge in [-0.1, -0.05) is 26.0 Å². The Hall–Kier alpha value is -3.85. The van der Waals surface area contributed by atoms with Crippen molar-refractivity contribution in [2.75, 3.05) is 36.8 Å². The van der Waals surface area contributed by atoms with E-state index in [-0.39, 0.29) is 11.8 Å². The van der Waals surface area contributed by atoms with E-state index >= 15 is 0 Å². The molecule has 1 aliphatic rings. The monoisotopic (exact) mass is 550 g/mol. The van der Waals surface area contributed by atoms with Gasteiger partial charge < -0.3 is 25.0 Å². The van der Waals surface area contributed by atoms with E-state index < -0.39 is 11.4 Å². The van der Waals surface area contributed by atoms with Gasteiger partial charge in [-0.3, -0.25) is 4.98 Å². The van der Waals surface area contributed by atoms with Crippen molar-refractivity contribution in [1.29, 1.82) is 0 Å². The Labute approximate surface area is 233 Å². The van der Waals surface area contributed by atoms with E-state index in [9.17, 15) is 9.18 Å². The van der Waals surface area contributed by atoms with E-state index in [0.29, 0.717) is 24.5 Å². The van der Waals surface area contributed by atoms with Gasteiger partial charge in [-0.05, 0) is 56.7 Å². The number of fused-ring (bicyclic) bond motifs is 1. The number of amides is 1. The zero-order valence-corrected chi connectivity index (χ0v) is 23.8. The summed E-state index contributed by atoms with van der Waals surface area (Å²) in [4.78, 5) is 21.9.